The summed E-state index contributed by atoms with van der Waals surface area (Å²) in [7, 11) is 0. The van der Waals surface area contributed by atoms with Gasteiger partial charge in [0.1, 0.15) is 12.4 Å². The van der Waals surface area contributed by atoms with Gasteiger partial charge in [-0.1, -0.05) is 18.2 Å². The van der Waals surface area contributed by atoms with Gasteiger partial charge < -0.3 is 19.6 Å². The standard InChI is InChI=1S/C22H33N3O3/c26-20(16-23-9-3-4-10-23)18-7-11-25(12-8-18)22(27)17-24-13-14-28-21-6-2-1-5-19(21)15-24/h1-2,5-6,18,20,26H,3-4,7-17H2. The van der Waals surface area contributed by atoms with Gasteiger partial charge in [-0.25, -0.2) is 0 Å². The second kappa shape index (κ2) is 9.25. The lowest BCUT2D eigenvalue weighted by molar-refractivity contribution is -0.134. The molecule has 2 fully saturated rings. The van der Waals surface area contributed by atoms with E-state index in [1.807, 2.05) is 23.1 Å². The molecule has 0 spiro atoms. The average Bonchev–Trinajstić information content (AvgIpc) is 3.13. The molecule has 6 heteroatoms. The Morgan fingerprint density at radius 3 is 2.61 bits per heavy atom. The van der Waals surface area contributed by atoms with E-state index in [9.17, 15) is 9.90 Å². The van der Waals surface area contributed by atoms with Crippen LogP contribution in [0.1, 0.15) is 31.2 Å². The van der Waals surface area contributed by atoms with Gasteiger partial charge >= 0.3 is 0 Å². The number of hydrogen-bond donors (Lipinski definition) is 1. The van der Waals surface area contributed by atoms with E-state index in [0.717, 1.165) is 70.0 Å². The Morgan fingerprint density at radius 2 is 1.82 bits per heavy atom. The van der Waals surface area contributed by atoms with Crippen LogP contribution in [0.25, 0.3) is 0 Å². The van der Waals surface area contributed by atoms with E-state index >= 15 is 0 Å². The minimum absolute atomic E-state index is 0.201. The Kier molecular flexibility index (Phi) is 6.50. The van der Waals surface area contributed by atoms with E-state index in [1.54, 1.807) is 0 Å². The van der Waals surface area contributed by atoms with Crippen molar-refractivity contribution in [2.24, 2.45) is 5.92 Å². The lowest BCUT2D eigenvalue weighted by Gasteiger charge is -2.36. The highest BCUT2D eigenvalue weighted by atomic mass is 16.5. The molecule has 1 N–H and O–H groups in total. The number of β-amino-alcohol motifs (C(OH)–C–C–N with tert-alkyl or cyclic N) is 1. The normalized spacial score (nSPS) is 23.1. The third kappa shape index (κ3) is 4.85. The molecule has 0 aliphatic carbocycles. The molecule has 6 nitrogen and oxygen atoms in total. The summed E-state index contributed by atoms with van der Waals surface area (Å²) in [4.78, 5) is 19.4. The molecule has 1 unspecified atom stereocenters. The molecule has 1 amide bonds. The van der Waals surface area contributed by atoms with E-state index in [2.05, 4.69) is 15.9 Å². The van der Waals surface area contributed by atoms with Crippen LogP contribution in [-0.4, -0.2) is 84.2 Å². The monoisotopic (exact) mass is 387 g/mol. The van der Waals surface area contributed by atoms with Crippen LogP contribution in [-0.2, 0) is 11.3 Å². The van der Waals surface area contributed by atoms with Gasteiger partial charge in [0.05, 0.1) is 12.6 Å². The van der Waals surface area contributed by atoms with E-state index in [0.29, 0.717) is 19.1 Å². The molecule has 3 heterocycles. The van der Waals surface area contributed by atoms with Gasteiger partial charge in [-0.2, -0.15) is 0 Å². The van der Waals surface area contributed by atoms with Crippen molar-refractivity contribution in [3.8, 4) is 5.75 Å². The predicted octanol–water partition coefficient (Wildman–Crippen LogP) is 1.58. The second-order valence-electron chi connectivity index (χ2n) is 8.46. The van der Waals surface area contributed by atoms with Crippen molar-refractivity contribution >= 4 is 5.91 Å². The molecule has 4 rings (SSSR count). The number of benzene rings is 1. The van der Waals surface area contributed by atoms with Crippen molar-refractivity contribution in [3.63, 3.8) is 0 Å². The zero-order valence-electron chi connectivity index (χ0n) is 16.8. The molecular formula is C22H33N3O3. The smallest absolute Gasteiger partial charge is 0.236 e. The quantitative estimate of drug-likeness (QED) is 0.831. The van der Waals surface area contributed by atoms with Gasteiger partial charge in [0, 0.05) is 38.3 Å². The van der Waals surface area contributed by atoms with Crippen LogP contribution < -0.4 is 4.74 Å². The minimum atomic E-state index is -0.255. The molecule has 3 aliphatic heterocycles. The number of carbonyl (C=O) groups is 1. The van der Waals surface area contributed by atoms with Crippen LogP contribution in [0.4, 0.5) is 0 Å². The summed E-state index contributed by atoms with van der Waals surface area (Å²) in [5, 5.41) is 10.6. The van der Waals surface area contributed by atoms with Crippen LogP contribution in [0, 0.1) is 5.92 Å². The lowest BCUT2D eigenvalue weighted by atomic mass is 9.91. The maximum absolute atomic E-state index is 12.8. The Labute approximate surface area is 168 Å². The van der Waals surface area contributed by atoms with Gasteiger partial charge in [0.25, 0.3) is 0 Å². The minimum Gasteiger partial charge on any atom is -0.492 e. The number of aliphatic hydroxyl groups excluding tert-OH is 1. The highest BCUT2D eigenvalue weighted by Crippen LogP contribution is 2.24. The molecule has 1 aromatic rings. The number of nitrogens with zero attached hydrogens (tertiary/aromatic N) is 3. The number of rotatable bonds is 5. The van der Waals surface area contributed by atoms with Crippen LogP contribution in [0.5, 0.6) is 5.75 Å². The number of hydrogen-bond acceptors (Lipinski definition) is 5. The number of piperidine rings is 1. The molecule has 3 aliphatic rings. The van der Waals surface area contributed by atoms with Crippen LogP contribution in [0.3, 0.4) is 0 Å². The second-order valence-corrected chi connectivity index (χ2v) is 8.46. The Balaban J connectivity index is 1.24. The maximum atomic E-state index is 12.8. The zero-order chi connectivity index (χ0) is 19.3. The van der Waals surface area contributed by atoms with Crippen molar-refractivity contribution in [1.82, 2.24) is 14.7 Å². The summed E-state index contributed by atoms with van der Waals surface area (Å²) < 4.78 is 5.80. The number of likely N-dealkylation sites (tertiary alicyclic amines) is 2. The maximum Gasteiger partial charge on any atom is 0.236 e. The van der Waals surface area contributed by atoms with Crippen molar-refractivity contribution in [2.75, 3.05) is 52.4 Å². The zero-order valence-corrected chi connectivity index (χ0v) is 16.8. The lowest BCUT2D eigenvalue weighted by Crippen LogP contribution is -2.47. The molecule has 1 atom stereocenters. The first kappa shape index (κ1) is 19.7. The first-order valence-electron chi connectivity index (χ1n) is 10.8. The summed E-state index contributed by atoms with van der Waals surface area (Å²) in [6.45, 7) is 7.16. The van der Waals surface area contributed by atoms with Crippen LogP contribution >= 0.6 is 0 Å². The number of carbonyl (C=O) groups excluding carboxylic acids is 1. The fourth-order valence-corrected chi connectivity index (χ4v) is 4.72. The topological polar surface area (TPSA) is 56.3 Å². The molecule has 0 bridgehead atoms. The van der Waals surface area contributed by atoms with Gasteiger partial charge in [0.2, 0.25) is 5.91 Å². The molecule has 2 saturated heterocycles. The average molecular weight is 388 g/mol. The van der Waals surface area contributed by atoms with Crippen molar-refractivity contribution in [2.45, 2.75) is 38.3 Å². The van der Waals surface area contributed by atoms with E-state index in [-0.39, 0.29) is 12.0 Å². The van der Waals surface area contributed by atoms with Crippen molar-refractivity contribution in [3.05, 3.63) is 29.8 Å². The Morgan fingerprint density at radius 1 is 1.07 bits per heavy atom. The number of ether oxygens (including phenoxy) is 1. The fourth-order valence-electron chi connectivity index (χ4n) is 4.72. The first-order valence-corrected chi connectivity index (χ1v) is 10.8. The van der Waals surface area contributed by atoms with Gasteiger partial charge in [-0.15, -0.1) is 0 Å². The van der Waals surface area contributed by atoms with Crippen molar-refractivity contribution < 1.29 is 14.6 Å². The van der Waals surface area contributed by atoms with Crippen LogP contribution in [0.2, 0.25) is 0 Å². The molecule has 154 valence electrons. The Hall–Kier alpha value is -1.63. The van der Waals surface area contributed by atoms with E-state index in [4.69, 9.17) is 4.74 Å². The number of aliphatic hydroxyl groups is 1. The Bertz CT molecular complexity index is 654. The number of amides is 1. The molecule has 28 heavy (non-hydrogen) atoms. The summed E-state index contributed by atoms with van der Waals surface area (Å²) in [5.41, 5.74) is 1.15. The summed E-state index contributed by atoms with van der Waals surface area (Å²) in [6.07, 6.45) is 4.08. The SMILES string of the molecule is O=C(CN1CCOc2ccccc2C1)N1CCC(C(O)CN2CCCC2)CC1. The highest BCUT2D eigenvalue weighted by molar-refractivity contribution is 5.78. The summed E-state index contributed by atoms with van der Waals surface area (Å²) in [5.74, 6) is 1.46. The summed E-state index contributed by atoms with van der Waals surface area (Å²) in [6, 6.07) is 8.08. The molecular weight excluding hydrogens is 354 g/mol. The van der Waals surface area contributed by atoms with Crippen LogP contribution in [0.15, 0.2) is 24.3 Å². The highest BCUT2D eigenvalue weighted by Gasteiger charge is 2.30. The predicted molar refractivity (Wildman–Crippen MR) is 108 cm³/mol. The summed E-state index contributed by atoms with van der Waals surface area (Å²) >= 11 is 0. The third-order valence-corrected chi connectivity index (χ3v) is 6.47. The van der Waals surface area contributed by atoms with Gasteiger partial charge in [-0.05, 0) is 50.8 Å². The van der Waals surface area contributed by atoms with Gasteiger partial charge in [0.15, 0.2) is 0 Å². The van der Waals surface area contributed by atoms with Gasteiger partial charge in [-0.3, -0.25) is 9.69 Å². The van der Waals surface area contributed by atoms with E-state index < -0.39 is 0 Å². The van der Waals surface area contributed by atoms with E-state index in [1.165, 1.54) is 12.8 Å². The fraction of sp³-hybridized carbons (Fsp3) is 0.682. The number of fused-ring (bicyclic) bond motifs is 1. The largest absolute Gasteiger partial charge is 0.492 e. The molecule has 0 radical (unpaired) electrons. The molecule has 0 aromatic heterocycles. The molecule has 0 saturated carbocycles. The third-order valence-electron chi connectivity index (χ3n) is 6.47. The molecule has 1 aromatic carbocycles. The number of para-hydroxylation sites is 1. The first-order chi connectivity index (χ1) is 13.7. The van der Waals surface area contributed by atoms with Crippen molar-refractivity contribution in [1.29, 1.82) is 0 Å².